The fourth-order valence-electron chi connectivity index (χ4n) is 1.46. The van der Waals surface area contributed by atoms with Gasteiger partial charge in [0, 0.05) is 10.4 Å². The van der Waals surface area contributed by atoms with E-state index in [0.29, 0.717) is 5.69 Å². The number of benzene rings is 1. The van der Waals surface area contributed by atoms with Crippen molar-refractivity contribution in [3.05, 3.63) is 45.7 Å². The Morgan fingerprint density at radius 3 is 2.90 bits per heavy atom. The Hall–Kier alpha value is -1.99. The third kappa shape index (κ3) is 3.52. The highest BCUT2D eigenvalue weighted by molar-refractivity contribution is 7.14. The molecule has 0 aliphatic rings. The number of hydrogen-bond acceptors (Lipinski definition) is 4. The van der Waals surface area contributed by atoms with E-state index in [1.807, 2.05) is 0 Å². The van der Waals surface area contributed by atoms with Crippen LogP contribution in [0.1, 0.15) is 16.1 Å². The molecule has 2 amide bonds. The predicted molar refractivity (Wildman–Crippen MR) is 74.4 cm³/mol. The van der Waals surface area contributed by atoms with Crippen LogP contribution in [0.3, 0.4) is 0 Å². The minimum atomic E-state index is -0.680. The molecule has 0 atom stereocenters. The Labute approximate surface area is 122 Å². The average Bonchev–Trinajstić information content (AvgIpc) is 2.78. The summed E-state index contributed by atoms with van der Waals surface area (Å²) < 4.78 is 13.5. The van der Waals surface area contributed by atoms with E-state index in [9.17, 15) is 14.0 Å². The topological polar surface area (TPSA) is 85.1 Å². The van der Waals surface area contributed by atoms with Gasteiger partial charge in [-0.25, -0.2) is 9.37 Å². The molecule has 0 aliphatic heterocycles. The second kappa shape index (κ2) is 5.98. The third-order valence-corrected chi connectivity index (χ3v) is 3.34. The Bertz CT molecular complexity index is 674. The smallest absolute Gasteiger partial charge is 0.260 e. The van der Waals surface area contributed by atoms with E-state index in [-0.39, 0.29) is 22.1 Å². The van der Waals surface area contributed by atoms with Crippen molar-refractivity contribution >= 4 is 39.9 Å². The van der Waals surface area contributed by atoms with Crippen LogP contribution < -0.4 is 11.1 Å². The summed E-state index contributed by atoms with van der Waals surface area (Å²) in [4.78, 5) is 26.6. The largest absolute Gasteiger partial charge is 0.369 e. The molecular weight excluding hydrogens is 305 g/mol. The van der Waals surface area contributed by atoms with E-state index in [2.05, 4.69) is 10.3 Å². The fourth-order valence-corrected chi connectivity index (χ4v) is 2.34. The van der Waals surface area contributed by atoms with E-state index in [0.717, 1.165) is 17.4 Å². The first kappa shape index (κ1) is 14.4. The molecule has 0 unspecified atom stereocenters. The van der Waals surface area contributed by atoms with Crippen molar-refractivity contribution in [1.29, 1.82) is 0 Å². The lowest BCUT2D eigenvalue weighted by Gasteiger charge is -2.03. The summed E-state index contributed by atoms with van der Waals surface area (Å²) in [5, 5.41) is 4.54. The third-order valence-electron chi connectivity index (χ3n) is 2.30. The van der Waals surface area contributed by atoms with Crippen LogP contribution in [0.4, 0.5) is 9.52 Å². The Kier molecular flexibility index (Phi) is 4.31. The number of primary amides is 1. The number of amides is 2. The van der Waals surface area contributed by atoms with Crippen LogP contribution in [-0.4, -0.2) is 16.8 Å². The zero-order chi connectivity index (χ0) is 14.7. The predicted octanol–water partition coefficient (Wildman–Crippen LogP) is 2.22. The van der Waals surface area contributed by atoms with Gasteiger partial charge in [0.15, 0.2) is 5.13 Å². The molecule has 8 heteroatoms. The molecule has 0 radical (unpaired) electrons. The van der Waals surface area contributed by atoms with Crippen LogP contribution in [0.5, 0.6) is 0 Å². The maximum atomic E-state index is 13.5. The lowest BCUT2D eigenvalue weighted by atomic mass is 10.2. The van der Waals surface area contributed by atoms with E-state index >= 15 is 0 Å². The van der Waals surface area contributed by atoms with E-state index in [1.54, 1.807) is 5.38 Å². The molecule has 0 spiro atoms. The van der Waals surface area contributed by atoms with Crippen molar-refractivity contribution in [2.45, 2.75) is 6.42 Å². The number of halogens is 2. The van der Waals surface area contributed by atoms with Crippen LogP contribution in [0.2, 0.25) is 5.02 Å². The monoisotopic (exact) mass is 313 g/mol. The molecule has 0 bridgehead atoms. The van der Waals surface area contributed by atoms with Crippen molar-refractivity contribution in [2.24, 2.45) is 5.73 Å². The summed E-state index contributed by atoms with van der Waals surface area (Å²) in [6.07, 6.45) is -0.0160. The molecule has 20 heavy (non-hydrogen) atoms. The lowest BCUT2D eigenvalue weighted by molar-refractivity contribution is -0.117. The van der Waals surface area contributed by atoms with Crippen LogP contribution in [0, 0.1) is 5.82 Å². The quantitative estimate of drug-likeness (QED) is 0.907. The summed E-state index contributed by atoms with van der Waals surface area (Å²) in [6.45, 7) is 0. The van der Waals surface area contributed by atoms with Gasteiger partial charge in [0.1, 0.15) is 5.82 Å². The number of rotatable bonds is 4. The van der Waals surface area contributed by atoms with Gasteiger partial charge in [0.2, 0.25) is 5.91 Å². The van der Waals surface area contributed by atoms with Gasteiger partial charge in [0.25, 0.3) is 5.91 Å². The fraction of sp³-hybridized carbons (Fsp3) is 0.0833. The number of hydrogen-bond donors (Lipinski definition) is 2. The molecule has 104 valence electrons. The van der Waals surface area contributed by atoms with Gasteiger partial charge in [-0.05, 0) is 18.2 Å². The molecule has 0 saturated heterocycles. The summed E-state index contributed by atoms with van der Waals surface area (Å²) in [5.41, 5.74) is 5.31. The van der Waals surface area contributed by atoms with Gasteiger partial charge in [-0.2, -0.15) is 0 Å². The molecule has 2 rings (SSSR count). The van der Waals surface area contributed by atoms with E-state index < -0.39 is 17.6 Å². The first-order chi connectivity index (χ1) is 9.45. The number of nitrogens with two attached hydrogens (primary N) is 1. The number of nitrogens with one attached hydrogen (secondary N) is 1. The average molecular weight is 314 g/mol. The Morgan fingerprint density at radius 2 is 2.20 bits per heavy atom. The maximum absolute atomic E-state index is 13.5. The summed E-state index contributed by atoms with van der Waals surface area (Å²) in [7, 11) is 0. The summed E-state index contributed by atoms with van der Waals surface area (Å²) in [6, 6.07) is 3.68. The van der Waals surface area contributed by atoms with Gasteiger partial charge < -0.3 is 5.73 Å². The SMILES string of the molecule is NC(=O)Cc1csc(NC(=O)c2cc(Cl)ccc2F)n1. The normalized spacial score (nSPS) is 10.3. The number of nitrogens with zero attached hydrogens (tertiary/aromatic N) is 1. The summed E-state index contributed by atoms with van der Waals surface area (Å²) in [5.74, 6) is -1.86. The minimum absolute atomic E-state index is 0.0160. The molecule has 5 nitrogen and oxygen atoms in total. The molecule has 3 N–H and O–H groups in total. The number of aromatic nitrogens is 1. The van der Waals surface area contributed by atoms with Gasteiger partial charge in [-0.3, -0.25) is 14.9 Å². The van der Waals surface area contributed by atoms with Crippen molar-refractivity contribution in [3.63, 3.8) is 0 Å². The van der Waals surface area contributed by atoms with Crippen molar-refractivity contribution in [2.75, 3.05) is 5.32 Å². The number of carbonyl (C=O) groups is 2. The molecule has 0 fully saturated rings. The summed E-state index contributed by atoms with van der Waals surface area (Å²) >= 11 is 6.83. The van der Waals surface area contributed by atoms with E-state index in [4.69, 9.17) is 17.3 Å². The van der Waals surface area contributed by atoms with Gasteiger partial charge in [-0.1, -0.05) is 11.6 Å². The van der Waals surface area contributed by atoms with Crippen molar-refractivity contribution in [3.8, 4) is 0 Å². The molecule has 2 aromatic rings. The van der Waals surface area contributed by atoms with Crippen LogP contribution >= 0.6 is 22.9 Å². The van der Waals surface area contributed by atoms with Crippen LogP contribution in [-0.2, 0) is 11.2 Å². The zero-order valence-corrected chi connectivity index (χ0v) is 11.6. The van der Waals surface area contributed by atoms with Crippen LogP contribution in [0.15, 0.2) is 23.6 Å². The highest BCUT2D eigenvalue weighted by Crippen LogP contribution is 2.19. The van der Waals surface area contributed by atoms with Gasteiger partial charge >= 0.3 is 0 Å². The van der Waals surface area contributed by atoms with Gasteiger partial charge in [0.05, 0.1) is 17.7 Å². The first-order valence-corrected chi connectivity index (χ1v) is 6.70. The Morgan fingerprint density at radius 1 is 1.45 bits per heavy atom. The first-order valence-electron chi connectivity index (χ1n) is 5.45. The highest BCUT2D eigenvalue weighted by atomic mass is 35.5. The second-order valence-electron chi connectivity index (χ2n) is 3.87. The van der Waals surface area contributed by atoms with E-state index in [1.165, 1.54) is 12.1 Å². The second-order valence-corrected chi connectivity index (χ2v) is 5.16. The molecule has 1 aromatic heterocycles. The number of thiazole rings is 1. The maximum Gasteiger partial charge on any atom is 0.260 e. The van der Waals surface area contributed by atoms with Gasteiger partial charge in [-0.15, -0.1) is 11.3 Å². The molecule has 1 aromatic carbocycles. The molecule has 1 heterocycles. The molecular formula is C12H9ClFN3O2S. The van der Waals surface area contributed by atoms with Crippen molar-refractivity contribution < 1.29 is 14.0 Å². The standard InChI is InChI=1S/C12H9ClFN3O2S/c13-6-1-2-9(14)8(3-6)11(19)17-12-16-7(5-20-12)4-10(15)18/h1-3,5H,4H2,(H2,15,18)(H,16,17,19). The number of anilines is 1. The number of carbonyl (C=O) groups excluding carboxylic acids is 2. The zero-order valence-electron chi connectivity index (χ0n) is 10.0. The van der Waals surface area contributed by atoms with Crippen molar-refractivity contribution in [1.82, 2.24) is 4.98 Å². The lowest BCUT2D eigenvalue weighted by Crippen LogP contribution is -2.15. The Balaban J connectivity index is 2.13. The molecule has 0 aliphatic carbocycles. The molecule has 0 saturated carbocycles. The van der Waals surface area contributed by atoms with Crippen LogP contribution in [0.25, 0.3) is 0 Å². The minimum Gasteiger partial charge on any atom is -0.369 e. The highest BCUT2D eigenvalue weighted by Gasteiger charge is 2.14.